The van der Waals surface area contributed by atoms with Gasteiger partial charge in [-0.2, -0.15) is 13.2 Å². The number of alkyl halides is 3. The fourth-order valence-corrected chi connectivity index (χ4v) is 2.77. The van der Waals surface area contributed by atoms with Crippen LogP contribution < -0.4 is 10.2 Å². The molecule has 0 aliphatic heterocycles. The number of carbonyl (C=O) groups is 1. The van der Waals surface area contributed by atoms with Gasteiger partial charge in [0.15, 0.2) is 18.1 Å². The van der Waals surface area contributed by atoms with E-state index in [4.69, 9.17) is 8.83 Å². The Kier molecular flexibility index (Phi) is 5.66. The minimum Gasteiger partial charge on any atom is -0.463 e. The van der Waals surface area contributed by atoms with E-state index in [1.54, 1.807) is 24.3 Å². The molecule has 0 aliphatic rings. The number of hydrogen-bond donors (Lipinski definition) is 2. The Morgan fingerprint density at radius 3 is 2.04 bits per heavy atom. The molecule has 5 nitrogen and oxygen atoms in total. The molecule has 1 aromatic carbocycles. The summed E-state index contributed by atoms with van der Waals surface area (Å²) in [4.78, 5) is 13.2. The van der Waals surface area contributed by atoms with E-state index < -0.39 is 17.6 Å². The van der Waals surface area contributed by atoms with Gasteiger partial charge < -0.3 is 19.1 Å². The molecule has 0 radical (unpaired) electrons. The number of nitrogens with one attached hydrogen (secondary N) is 2. The van der Waals surface area contributed by atoms with E-state index >= 15 is 0 Å². The monoisotopic (exact) mass is 379 g/mol. The lowest BCUT2D eigenvalue weighted by Crippen LogP contribution is -3.10. The van der Waals surface area contributed by atoms with Gasteiger partial charge in [0.1, 0.15) is 13.1 Å². The zero-order chi connectivity index (χ0) is 19.3. The maximum atomic E-state index is 13.1. The third-order valence-electron chi connectivity index (χ3n) is 3.93. The second-order valence-electron chi connectivity index (χ2n) is 6.03. The van der Waals surface area contributed by atoms with Crippen LogP contribution in [0, 0.1) is 0 Å². The lowest BCUT2D eigenvalue weighted by molar-refractivity contribution is -0.921. The van der Waals surface area contributed by atoms with Crippen molar-refractivity contribution in [2.45, 2.75) is 19.3 Å². The van der Waals surface area contributed by atoms with Crippen LogP contribution in [0.1, 0.15) is 17.1 Å². The molecule has 2 heterocycles. The first kappa shape index (κ1) is 18.8. The largest absolute Gasteiger partial charge is 0.463 e. The van der Waals surface area contributed by atoms with Gasteiger partial charge >= 0.3 is 6.18 Å². The van der Waals surface area contributed by atoms with E-state index in [0.29, 0.717) is 24.6 Å². The highest BCUT2D eigenvalue weighted by Gasteiger charge is 2.33. The SMILES string of the molecule is O=C(C[NH+](Cc1ccco1)Cc1ccco1)Nc1ccccc1C(F)(F)F. The molecule has 0 saturated heterocycles. The molecule has 0 fully saturated rings. The molecule has 27 heavy (non-hydrogen) atoms. The standard InChI is InChI=1S/C19H17F3N2O3/c20-19(21,22)16-7-1-2-8-17(16)23-18(25)13-24(11-14-5-3-9-26-14)12-15-6-4-10-27-15/h1-10H,11-13H2,(H,23,25)/p+1. The van der Waals surface area contributed by atoms with Crippen LogP contribution >= 0.6 is 0 Å². The van der Waals surface area contributed by atoms with Gasteiger partial charge in [0, 0.05) is 0 Å². The van der Waals surface area contributed by atoms with E-state index in [9.17, 15) is 18.0 Å². The number of rotatable bonds is 7. The minimum atomic E-state index is -4.54. The first-order chi connectivity index (χ1) is 12.9. The molecular formula is C19H18F3N2O3+. The van der Waals surface area contributed by atoms with Crippen molar-refractivity contribution < 1.29 is 31.7 Å². The smallest absolute Gasteiger partial charge is 0.418 e. The van der Waals surface area contributed by atoms with E-state index in [0.717, 1.165) is 11.0 Å². The summed E-state index contributed by atoms with van der Waals surface area (Å²) >= 11 is 0. The Labute approximate surface area is 153 Å². The molecule has 8 heteroatoms. The predicted octanol–water partition coefficient (Wildman–Crippen LogP) is 3.12. The molecule has 0 spiro atoms. The van der Waals surface area contributed by atoms with Gasteiger partial charge in [-0.15, -0.1) is 0 Å². The fraction of sp³-hybridized carbons (Fsp3) is 0.211. The molecule has 0 unspecified atom stereocenters. The maximum Gasteiger partial charge on any atom is 0.418 e. The van der Waals surface area contributed by atoms with Gasteiger partial charge in [0.2, 0.25) is 0 Å². The molecule has 3 rings (SSSR count). The van der Waals surface area contributed by atoms with Crippen molar-refractivity contribution in [2.24, 2.45) is 0 Å². The lowest BCUT2D eigenvalue weighted by Gasteiger charge is -2.18. The first-order valence-corrected chi connectivity index (χ1v) is 8.26. The zero-order valence-corrected chi connectivity index (χ0v) is 14.3. The molecule has 0 saturated carbocycles. The van der Waals surface area contributed by atoms with Gasteiger partial charge in [-0.3, -0.25) is 4.79 Å². The normalized spacial score (nSPS) is 11.7. The van der Waals surface area contributed by atoms with Gasteiger partial charge in [-0.05, 0) is 36.4 Å². The van der Waals surface area contributed by atoms with Crippen LogP contribution in [0.2, 0.25) is 0 Å². The molecule has 0 atom stereocenters. The van der Waals surface area contributed by atoms with Crippen LogP contribution in [-0.2, 0) is 24.1 Å². The Balaban J connectivity index is 1.71. The number of para-hydroxylation sites is 1. The third-order valence-corrected chi connectivity index (χ3v) is 3.93. The van der Waals surface area contributed by atoms with Crippen LogP contribution in [0.4, 0.5) is 18.9 Å². The average Bonchev–Trinajstić information content (AvgIpc) is 3.28. The number of furan rings is 2. The number of halogens is 3. The van der Waals surface area contributed by atoms with Crippen LogP contribution in [0.3, 0.4) is 0 Å². The number of quaternary nitrogens is 1. The minimum absolute atomic E-state index is 0.0480. The molecule has 3 aromatic rings. The summed E-state index contributed by atoms with van der Waals surface area (Å²) in [6, 6.07) is 11.9. The van der Waals surface area contributed by atoms with E-state index in [2.05, 4.69) is 5.32 Å². The van der Waals surface area contributed by atoms with E-state index in [1.165, 1.54) is 30.7 Å². The number of carbonyl (C=O) groups excluding carboxylic acids is 1. The highest BCUT2D eigenvalue weighted by molar-refractivity contribution is 5.92. The van der Waals surface area contributed by atoms with Crippen molar-refractivity contribution in [1.82, 2.24) is 0 Å². The van der Waals surface area contributed by atoms with Crippen molar-refractivity contribution in [2.75, 3.05) is 11.9 Å². The number of anilines is 1. The van der Waals surface area contributed by atoms with Gasteiger partial charge in [-0.25, -0.2) is 0 Å². The maximum absolute atomic E-state index is 13.1. The summed E-state index contributed by atoms with van der Waals surface area (Å²) in [5.74, 6) is 0.805. The van der Waals surface area contributed by atoms with Crippen LogP contribution in [0.5, 0.6) is 0 Å². The number of benzene rings is 1. The summed E-state index contributed by atoms with van der Waals surface area (Å²) < 4.78 is 49.9. The molecule has 0 aliphatic carbocycles. The summed E-state index contributed by atoms with van der Waals surface area (Å²) in [6.45, 7) is 0.734. The topological polar surface area (TPSA) is 59.8 Å². The summed E-state index contributed by atoms with van der Waals surface area (Å²) in [6.07, 6.45) is -1.49. The predicted molar refractivity (Wildman–Crippen MR) is 90.7 cm³/mol. The van der Waals surface area contributed by atoms with Crippen molar-refractivity contribution in [3.05, 3.63) is 78.1 Å². The van der Waals surface area contributed by atoms with E-state index in [1.807, 2.05) is 0 Å². The Bertz CT molecular complexity index is 822. The van der Waals surface area contributed by atoms with Crippen LogP contribution in [0.25, 0.3) is 0 Å². The molecule has 142 valence electrons. The molecule has 0 bridgehead atoms. The number of amides is 1. The van der Waals surface area contributed by atoms with Crippen molar-refractivity contribution in [1.29, 1.82) is 0 Å². The van der Waals surface area contributed by atoms with Gasteiger partial charge in [-0.1, -0.05) is 12.1 Å². The zero-order valence-electron chi connectivity index (χ0n) is 14.3. The summed E-state index contributed by atoms with van der Waals surface area (Å²) in [7, 11) is 0. The van der Waals surface area contributed by atoms with Crippen molar-refractivity contribution in [3.8, 4) is 0 Å². The molecule has 2 aromatic heterocycles. The summed E-state index contributed by atoms with van der Waals surface area (Å²) in [5, 5.41) is 2.37. The fourth-order valence-electron chi connectivity index (χ4n) is 2.77. The van der Waals surface area contributed by atoms with Crippen LogP contribution in [-0.4, -0.2) is 12.5 Å². The van der Waals surface area contributed by atoms with Crippen molar-refractivity contribution >= 4 is 11.6 Å². The molecular weight excluding hydrogens is 361 g/mol. The second-order valence-corrected chi connectivity index (χ2v) is 6.03. The third kappa shape index (κ3) is 5.24. The van der Waals surface area contributed by atoms with Gasteiger partial charge in [0.25, 0.3) is 5.91 Å². The highest BCUT2D eigenvalue weighted by Crippen LogP contribution is 2.34. The Morgan fingerprint density at radius 1 is 0.926 bits per heavy atom. The summed E-state index contributed by atoms with van der Waals surface area (Å²) in [5.41, 5.74) is -1.14. The highest BCUT2D eigenvalue weighted by atomic mass is 19.4. The van der Waals surface area contributed by atoms with Crippen molar-refractivity contribution in [3.63, 3.8) is 0 Å². The Hall–Kier alpha value is -3.00. The second kappa shape index (κ2) is 8.13. The molecule has 1 amide bonds. The Morgan fingerprint density at radius 2 is 1.52 bits per heavy atom. The first-order valence-electron chi connectivity index (χ1n) is 8.26. The lowest BCUT2D eigenvalue weighted by atomic mass is 10.1. The van der Waals surface area contributed by atoms with E-state index in [-0.39, 0.29) is 12.2 Å². The number of hydrogen-bond acceptors (Lipinski definition) is 3. The average molecular weight is 379 g/mol. The quantitative estimate of drug-likeness (QED) is 0.663. The van der Waals surface area contributed by atoms with Gasteiger partial charge in [0.05, 0.1) is 23.8 Å². The van der Waals surface area contributed by atoms with Crippen LogP contribution in [0.15, 0.2) is 69.9 Å². The molecule has 2 N–H and O–H groups in total.